The fraction of sp³-hybridized carbons (Fsp3) is 0.480. The van der Waals surface area contributed by atoms with Crippen LogP contribution in [0.25, 0.3) is 0 Å². The summed E-state index contributed by atoms with van der Waals surface area (Å²) in [5.74, 6) is 2.04. The average molecular weight is 477 g/mol. The molecule has 0 radical (unpaired) electrons. The number of rotatable bonds is 10. The first-order valence-corrected chi connectivity index (χ1v) is 13.0. The molecule has 0 aliphatic carbocycles. The van der Waals surface area contributed by atoms with Crippen LogP contribution in [0.5, 0.6) is 11.5 Å². The lowest BCUT2D eigenvalue weighted by molar-refractivity contribution is -0.154. The Morgan fingerprint density at radius 3 is 2.53 bits per heavy atom. The van der Waals surface area contributed by atoms with E-state index in [0.717, 1.165) is 23.3 Å². The van der Waals surface area contributed by atoms with Crippen molar-refractivity contribution in [3.8, 4) is 11.5 Å². The highest BCUT2D eigenvalue weighted by atomic mass is 32.2. The van der Waals surface area contributed by atoms with Gasteiger partial charge in [-0.2, -0.15) is 0 Å². The summed E-state index contributed by atoms with van der Waals surface area (Å²) in [6, 6.07) is 14.3. The topological polar surface area (TPSA) is 54.0 Å². The van der Waals surface area contributed by atoms with Crippen molar-refractivity contribution in [1.29, 1.82) is 0 Å². The summed E-state index contributed by atoms with van der Waals surface area (Å²) in [5.41, 5.74) is 1.50. The number of thioether (sulfide) groups is 2. The largest absolute Gasteiger partial charge is 0.497 e. The van der Waals surface area contributed by atoms with E-state index in [4.69, 9.17) is 18.9 Å². The van der Waals surface area contributed by atoms with Crippen LogP contribution in [0.1, 0.15) is 38.3 Å². The van der Waals surface area contributed by atoms with Crippen LogP contribution in [0.15, 0.2) is 47.4 Å². The van der Waals surface area contributed by atoms with Gasteiger partial charge in [-0.3, -0.25) is 4.79 Å². The van der Waals surface area contributed by atoms with E-state index in [1.807, 2.05) is 39.0 Å². The normalized spacial score (nSPS) is 18.4. The molecule has 3 rings (SSSR count). The van der Waals surface area contributed by atoms with Crippen LogP contribution in [-0.2, 0) is 19.2 Å². The van der Waals surface area contributed by atoms with E-state index >= 15 is 0 Å². The molecular formula is C25H32O5S2. The minimum Gasteiger partial charge on any atom is -0.497 e. The van der Waals surface area contributed by atoms with Crippen molar-refractivity contribution in [2.45, 2.75) is 37.0 Å². The zero-order chi connectivity index (χ0) is 23.2. The molecule has 0 spiro atoms. The number of benzene rings is 2. The van der Waals surface area contributed by atoms with Crippen molar-refractivity contribution in [1.82, 2.24) is 0 Å². The highest BCUT2D eigenvalue weighted by Gasteiger charge is 2.42. The van der Waals surface area contributed by atoms with Crippen molar-refractivity contribution in [2.24, 2.45) is 5.41 Å². The molecule has 1 heterocycles. The third-order valence-electron chi connectivity index (χ3n) is 5.72. The van der Waals surface area contributed by atoms with Crippen LogP contribution < -0.4 is 9.47 Å². The Labute approximate surface area is 199 Å². The predicted octanol–water partition coefficient (Wildman–Crippen LogP) is 5.74. The van der Waals surface area contributed by atoms with E-state index in [0.29, 0.717) is 18.1 Å². The van der Waals surface area contributed by atoms with Gasteiger partial charge in [0.05, 0.1) is 19.1 Å². The van der Waals surface area contributed by atoms with Crippen molar-refractivity contribution in [3.05, 3.63) is 53.6 Å². The van der Waals surface area contributed by atoms with Crippen molar-refractivity contribution in [2.75, 3.05) is 38.9 Å². The first-order chi connectivity index (χ1) is 15.4. The third-order valence-corrected chi connectivity index (χ3v) is 7.81. The van der Waals surface area contributed by atoms with Gasteiger partial charge < -0.3 is 18.9 Å². The zero-order valence-electron chi connectivity index (χ0n) is 19.4. The lowest BCUT2D eigenvalue weighted by atomic mass is 9.91. The Balaban J connectivity index is 1.84. The monoisotopic (exact) mass is 476 g/mol. The lowest BCUT2D eigenvalue weighted by Gasteiger charge is -2.30. The first-order valence-electron chi connectivity index (χ1n) is 10.8. The molecule has 7 heteroatoms. The molecule has 1 unspecified atom stereocenters. The second kappa shape index (κ2) is 10.9. The summed E-state index contributed by atoms with van der Waals surface area (Å²) in [4.78, 5) is 12.8. The molecule has 2 aromatic carbocycles. The molecule has 1 aliphatic heterocycles. The molecule has 32 heavy (non-hydrogen) atoms. The van der Waals surface area contributed by atoms with E-state index < -0.39 is 10.3 Å². The molecule has 0 bridgehead atoms. The van der Waals surface area contributed by atoms with Crippen LogP contribution in [0.2, 0.25) is 0 Å². The fourth-order valence-electron chi connectivity index (χ4n) is 3.35. The third kappa shape index (κ3) is 5.38. The van der Waals surface area contributed by atoms with Gasteiger partial charge in [-0.05, 0) is 56.4 Å². The minimum atomic E-state index is -0.653. The summed E-state index contributed by atoms with van der Waals surface area (Å²) in [5, 5.41) is 0. The number of ether oxygens (including phenoxy) is 4. The standard InChI is InChI=1S/C25H32O5S2/c1-6-24(2,3)23(26)29-14-13-28-22-17-19(27-4)9-12-21(22)25(30-15-16-32-25)18-7-10-20(31-5)11-8-18/h7-12,17H,6,13-16H2,1-5H3. The Hall–Kier alpha value is -1.83. The van der Waals surface area contributed by atoms with Gasteiger partial charge in [0.15, 0.2) is 4.93 Å². The van der Waals surface area contributed by atoms with E-state index in [1.54, 1.807) is 30.6 Å². The minimum absolute atomic E-state index is 0.183. The van der Waals surface area contributed by atoms with Crippen molar-refractivity contribution >= 4 is 29.5 Å². The Bertz CT molecular complexity index is 905. The molecule has 1 aliphatic rings. The SMILES string of the molecule is CCC(C)(C)C(=O)OCCOc1cc(OC)ccc1C1(c2ccc(SC)cc2)OCCS1. The summed E-state index contributed by atoms with van der Waals surface area (Å²) in [6.07, 6.45) is 2.79. The van der Waals surface area contributed by atoms with Crippen LogP contribution in [-0.4, -0.2) is 44.9 Å². The van der Waals surface area contributed by atoms with E-state index in [9.17, 15) is 4.79 Å². The lowest BCUT2D eigenvalue weighted by Crippen LogP contribution is -2.28. The maximum atomic E-state index is 12.2. The van der Waals surface area contributed by atoms with Crippen LogP contribution in [0, 0.1) is 5.41 Å². The van der Waals surface area contributed by atoms with Crippen molar-refractivity contribution in [3.63, 3.8) is 0 Å². The summed E-state index contributed by atoms with van der Waals surface area (Å²) < 4.78 is 23.4. The molecule has 0 N–H and O–H groups in total. The Kier molecular flexibility index (Phi) is 8.42. The number of esters is 1. The molecule has 0 saturated carbocycles. The molecule has 0 amide bonds. The predicted molar refractivity (Wildman–Crippen MR) is 131 cm³/mol. The average Bonchev–Trinajstić information content (AvgIpc) is 3.32. The number of methoxy groups -OCH3 is 1. The summed E-state index contributed by atoms with van der Waals surface area (Å²) in [6.45, 7) is 6.84. The number of carbonyl (C=O) groups is 1. The zero-order valence-corrected chi connectivity index (χ0v) is 21.1. The van der Waals surface area contributed by atoms with Crippen LogP contribution in [0.3, 0.4) is 0 Å². The summed E-state index contributed by atoms with van der Waals surface area (Å²) >= 11 is 3.46. The van der Waals surface area contributed by atoms with Crippen molar-refractivity contribution < 1.29 is 23.7 Å². The molecule has 2 aromatic rings. The summed E-state index contributed by atoms with van der Waals surface area (Å²) in [7, 11) is 1.63. The van der Waals surface area contributed by atoms with Gasteiger partial charge in [-0.1, -0.05) is 19.1 Å². The molecule has 1 atom stereocenters. The van der Waals surface area contributed by atoms with Gasteiger partial charge in [0.2, 0.25) is 0 Å². The molecule has 174 valence electrons. The molecular weight excluding hydrogens is 444 g/mol. The smallest absolute Gasteiger partial charge is 0.311 e. The first kappa shape index (κ1) is 24.8. The molecule has 1 saturated heterocycles. The molecule has 1 fully saturated rings. The molecule has 5 nitrogen and oxygen atoms in total. The highest BCUT2D eigenvalue weighted by Crippen LogP contribution is 2.51. The van der Waals surface area contributed by atoms with Crippen LogP contribution in [0.4, 0.5) is 0 Å². The van der Waals surface area contributed by atoms with Gasteiger partial charge >= 0.3 is 5.97 Å². The van der Waals surface area contributed by atoms with Gasteiger partial charge in [0.1, 0.15) is 24.7 Å². The van der Waals surface area contributed by atoms with E-state index in [1.165, 1.54) is 4.90 Å². The number of hydrogen-bond acceptors (Lipinski definition) is 7. The van der Waals surface area contributed by atoms with Gasteiger partial charge in [0.25, 0.3) is 0 Å². The maximum Gasteiger partial charge on any atom is 0.311 e. The van der Waals surface area contributed by atoms with Crippen LogP contribution >= 0.6 is 23.5 Å². The molecule has 0 aromatic heterocycles. The Morgan fingerprint density at radius 2 is 1.94 bits per heavy atom. The second-order valence-electron chi connectivity index (χ2n) is 8.13. The van der Waals surface area contributed by atoms with Gasteiger partial charge in [0, 0.05) is 22.3 Å². The quantitative estimate of drug-likeness (QED) is 0.246. The van der Waals surface area contributed by atoms with Gasteiger partial charge in [-0.25, -0.2) is 0 Å². The van der Waals surface area contributed by atoms with E-state index in [2.05, 4.69) is 30.5 Å². The number of carbonyl (C=O) groups excluding carboxylic acids is 1. The Morgan fingerprint density at radius 1 is 1.19 bits per heavy atom. The van der Waals surface area contributed by atoms with Gasteiger partial charge in [-0.15, -0.1) is 23.5 Å². The van der Waals surface area contributed by atoms with E-state index in [-0.39, 0.29) is 19.2 Å². The fourth-order valence-corrected chi connectivity index (χ4v) is 5.00. The number of hydrogen-bond donors (Lipinski definition) is 0. The maximum absolute atomic E-state index is 12.2. The second-order valence-corrected chi connectivity index (χ2v) is 10.3. The highest BCUT2D eigenvalue weighted by molar-refractivity contribution is 8.00.